The number of anilines is 2. The summed E-state index contributed by atoms with van der Waals surface area (Å²) in [4.78, 5) is 27.5. The third-order valence-electron chi connectivity index (χ3n) is 7.01. The van der Waals surface area contributed by atoms with Gasteiger partial charge in [0.25, 0.3) is 0 Å². The van der Waals surface area contributed by atoms with Crippen molar-refractivity contribution in [2.75, 3.05) is 24.4 Å². The van der Waals surface area contributed by atoms with Crippen molar-refractivity contribution in [1.29, 1.82) is 0 Å². The number of para-hydroxylation sites is 2. The summed E-state index contributed by atoms with van der Waals surface area (Å²) in [5.74, 6) is -1.68. The van der Waals surface area contributed by atoms with Crippen LogP contribution >= 0.6 is 11.6 Å². The molecule has 202 valence electrons. The summed E-state index contributed by atoms with van der Waals surface area (Å²) < 4.78 is 52.7. The molecule has 5 rings (SSSR count). The van der Waals surface area contributed by atoms with Gasteiger partial charge >= 0.3 is 12.1 Å². The fraction of sp³-hybridized carbons (Fsp3) is 0.241. The maximum absolute atomic E-state index is 14.0. The van der Waals surface area contributed by atoms with Crippen molar-refractivity contribution < 1.29 is 32.2 Å². The number of benzene rings is 3. The largest absolute Gasteiger partial charge is 0.493 e. The molecule has 0 unspecified atom stereocenters. The normalized spacial score (nSPS) is 19.0. The van der Waals surface area contributed by atoms with Crippen LogP contribution in [0.3, 0.4) is 0 Å². The molecule has 0 saturated heterocycles. The van der Waals surface area contributed by atoms with E-state index < -0.39 is 18.1 Å². The zero-order chi connectivity index (χ0) is 27.9. The van der Waals surface area contributed by atoms with E-state index in [-0.39, 0.29) is 29.4 Å². The molecule has 1 aliphatic carbocycles. The van der Waals surface area contributed by atoms with Crippen LogP contribution in [-0.2, 0) is 9.59 Å². The lowest BCUT2D eigenvalue weighted by Gasteiger charge is -2.35. The highest BCUT2D eigenvalue weighted by Crippen LogP contribution is 2.49. The van der Waals surface area contributed by atoms with E-state index in [9.17, 15) is 22.8 Å². The Kier molecular flexibility index (Phi) is 7.03. The molecule has 0 bridgehead atoms. The van der Waals surface area contributed by atoms with Crippen molar-refractivity contribution >= 4 is 34.7 Å². The zero-order valence-electron chi connectivity index (χ0n) is 21.0. The van der Waals surface area contributed by atoms with E-state index in [1.54, 1.807) is 30.3 Å². The molecular weight excluding hydrogens is 533 g/mol. The van der Waals surface area contributed by atoms with Gasteiger partial charge in [-0.25, -0.2) is 0 Å². The van der Waals surface area contributed by atoms with Crippen molar-refractivity contribution in [2.24, 2.45) is 0 Å². The predicted octanol–water partition coefficient (Wildman–Crippen LogP) is 6.82. The number of carbonyl (C=O) groups excluding carboxylic acids is 2. The maximum Gasteiger partial charge on any atom is 0.471 e. The van der Waals surface area contributed by atoms with Crippen molar-refractivity contribution in [3.63, 3.8) is 0 Å². The Morgan fingerprint density at radius 2 is 1.62 bits per heavy atom. The van der Waals surface area contributed by atoms with Crippen LogP contribution in [0.2, 0.25) is 5.02 Å². The lowest BCUT2D eigenvalue weighted by atomic mass is 9.78. The van der Waals surface area contributed by atoms with Crippen LogP contribution < -0.4 is 19.7 Å². The summed E-state index contributed by atoms with van der Waals surface area (Å²) in [6.45, 7) is 0. The average Bonchev–Trinajstić information content (AvgIpc) is 3.06. The highest BCUT2D eigenvalue weighted by Gasteiger charge is 2.50. The number of ketones is 1. The Morgan fingerprint density at radius 1 is 0.949 bits per heavy atom. The minimum absolute atomic E-state index is 0.0182. The molecule has 0 saturated carbocycles. The van der Waals surface area contributed by atoms with Gasteiger partial charge in [0, 0.05) is 22.7 Å². The van der Waals surface area contributed by atoms with Crippen LogP contribution in [0.5, 0.6) is 11.5 Å². The number of ether oxygens (including phenoxy) is 2. The molecule has 3 aromatic rings. The number of methoxy groups -OCH3 is 2. The monoisotopic (exact) mass is 556 g/mol. The summed E-state index contributed by atoms with van der Waals surface area (Å²) in [6, 6.07) is 16.4. The zero-order valence-corrected chi connectivity index (χ0v) is 21.8. The summed E-state index contributed by atoms with van der Waals surface area (Å²) in [6.07, 6.45) is -4.82. The van der Waals surface area contributed by atoms with E-state index in [4.69, 9.17) is 21.1 Å². The highest BCUT2D eigenvalue weighted by atomic mass is 35.5. The molecule has 1 N–H and O–H groups in total. The fourth-order valence-corrected chi connectivity index (χ4v) is 5.38. The SMILES string of the molecule is COc1ccc([C@@H]2CC(=O)C3=C(C2)Nc2ccccc2N(C(=O)C(F)(F)F)[C@@H]3c2ccc(Cl)cc2)cc1OC. The number of rotatable bonds is 4. The van der Waals surface area contributed by atoms with Crippen LogP contribution in [0.4, 0.5) is 24.5 Å². The Bertz CT molecular complexity index is 1470. The summed E-state index contributed by atoms with van der Waals surface area (Å²) in [5.41, 5.74) is 2.03. The smallest absolute Gasteiger partial charge is 0.471 e. The van der Waals surface area contributed by atoms with Crippen molar-refractivity contribution in [1.82, 2.24) is 0 Å². The lowest BCUT2D eigenvalue weighted by molar-refractivity contribution is -0.170. The third kappa shape index (κ3) is 4.94. The number of carbonyl (C=O) groups is 2. The van der Waals surface area contributed by atoms with E-state index in [2.05, 4.69) is 5.32 Å². The van der Waals surface area contributed by atoms with Gasteiger partial charge in [0.15, 0.2) is 17.3 Å². The summed E-state index contributed by atoms with van der Waals surface area (Å²) in [5, 5.41) is 3.58. The van der Waals surface area contributed by atoms with Gasteiger partial charge in [0.2, 0.25) is 0 Å². The third-order valence-corrected chi connectivity index (χ3v) is 7.27. The lowest BCUT2D eigenvalue weighted by Crippen LogP contribution is -2.45. The van der Waals surface area contributed by atoms with Gasteiger partial charge in [-0.05, 0) is 59.9 Å². The number of halogens is 4. The van der Waals surface area contributed by atoms with Gasteiger partial charge in [-0.1, -0.05) is 41.9 Å². The topological polar surface area (TPSA) is 67.9 Å². The van der Waals surface area contributed by atoms with E-state index in [1.165, 1.54) is 44.6 Å². The first kappa shape index (κ1) is 26.6. The number of allylic oxidation sites excluding steroid dienone is 1. The molecular formula is C29H24ClF3N2O4. The van der Waals surface area contributed by atoms with Crippen LogP contribution in [0.15, 0.2) is 78.0 Å². The number of fused-ring (bicyclic) bond motifs is 1. The minimum atomic E-state index is -5.18. The Morgan fingerprint density at radius 3 is 2.28 bits per heavy atom. The molecule has 10 heteroatoms. The molecule has 39 heavy (non-hydrogen) atoms. The number of hydrogen-bond acceptors (Lipinski definition) is 5. The standard InChI is InChI=1S/C29H24ClF3N2O4/c1-38-24-12-9-17(15-25(24)39-2)18-13-21-26(23(36)14-18)27(16-7-10-19(30)11-8-16)35(28(37)29(31,32)33)22-6-4-3-5-20(22)34-21/h3-12,15,18,27,34H,13-14H2,1-2H3/t18-,27+/m0/s1. The Hall–Kier alpha value is -3.98. The van der Waals surface area contributed by atoms with Crippen LogP contribution in [-0.4, -0.2) is 32.1 Å². The van der Waals surface area contributed by atoms with Crippen molar-refractivity contribution in [2.45, 2.75) is 31.0 Å². The van der Waals surface area contributed by atoms with Gasteiger partial charge in [-0.3, -0.25) is 14.5 Å². The molecule has 0 radical (unpaired) electrons. The summed E-state index contributed by atoms with van der Waals surface area (Å²) >= 11 is 6.06. The van der Waals surface area contributed by atoms with Crippen molar-refractivity contribution in [3.8, 4) is 11.5 Å². The minimum Gasteiger partial charge on any atom is -0.493 e. The summed E-state index contributed by atoms with van der Waals surface area (Å²) in [7, 11) is 3.04. The molecule has 0 aromatic heterocycles. The maximum atomic E-state index is 14.0. The van der Waals surface area contributed by atoms with Crippen LogP contribution in [0, 0.1) is 0 Å². The first-order valence-electron chi connectivity index (χ1n) is 12.1. The van der Waals surface area contributed by atoms with E-state index >= 15 is 0 Å². The second-order valence-electron chi connectivity index (χ2n) is 9.30. The van der Waals surface area contributed by atoms with E-state index in [0.29, 0.717) is 44.8 Å². The molecule has 6 nitrogen and oxygen atoms in total. The molecule has 2 atom stereocenters. The number of nitrogens with zero attached hydrogens (tertiary/aromatic N) is 1. The molecule has 1 heterocycles. The van der Waals surface area contributed by atoms with E-state index in [0.717, 1.165) is 5.56 Å². The van der Waals surface area contributed by atoms with Gasteiger partial charge < -0.3 is 14.8 Å². The van der Waals surface area contributed by atoms with Gasteiger partial charge in [0.05, 0.1) is 31.6 Å². The van der Waals surface area contributed by atoms with Crippen molar-refractivity contribution in [3.05, 3.63) is 94.1 Å². The Balaban J connectivity index is 1.69. The molecule has 0 fully saturated rings. The van der Waals surface area contributed by atoms with Gasteiger partial charge in [0.1, 0.15) is 0 Å². The number of amides is 1. The molecule has 2 aliphatic rings. The Labute approximate surface area is 228 Å². The van der Waals surface area contributed by atoms with Crippen LogP contribution in [0.25, 0.3) is 0 Å². The second kappa shape index (κ2) is 10.3. The average molecular weight is 557 g/mol. The van der Waals surface area contributed by atoms with Crippen LogP contribution in [0.1, 0.15) is 35.9 Å². The molecule has 0 spiro atoms. The number of alkyl halides is 3. The second-order valence-corrected chi connectivity index (χ2v) is 9.74. The quantitative estimate of drug-likeness (QED) is 0.382. The predicted molar refractivity (Wildman–Crippen MR) is 141 cm³/mol. The fourth-order valence-electron chi connectivity index (χ4n) is 5.25. The number of Topliss-reactive ketones (excluding diaryl/α,β-unsaturated/α-hetero) is 1. The van der Waals surface area contributed by atoms with Gasteiger partial charge in [-0.2, -0.15) is 13.2 Å². The highest BCUT2D eigenvalue weighted by molar-refractivity contribution is 6.30. The number of nitrogens with one attached hydrogen (secondary N) is 1. The molecule has 1 aliphatic heterocycles. The van der Waals surface area contributed by atoms with Gasteiger partial charge in [-0.15, -0.1) is 0 Å². The molecule has 3 aromatic carbocycles. The molecule has 1 amide bonds. The number of hydrogen-bond donors (Lipinski definition) is 1. The first-order chi connectivity index (χ1) is 18.6. The first-order valence-corrected chi connectivity index (χ1v) is 12.5. The van der Waals surface area contributed by atoms with E-state index in [1.807, 2.05) is 6.07 Å².